The quantitative estimate of drug-likeness (QED) is 0.540. The second kappa shape index (κ2) is 10.5. The summed E-state index contributed by atoms with van der Waals surface area (Å²) < 4.78 is 27.7. The minimum absolute atomic E-state index is 0.0135. The Bertz CT molecular complexity index is 1020. The molecule has 180 valence electrons. The molecule has 0 radical (unpaired) electrons. The van der Waals surface area contributed by atoms with E-state index in [1.807, 2.05) is 55.4 Å². The third-order valence-electron chi connectivity index (χ3n) is 5.49. The number of hydrogen-bond acceptors (Lipinski definition) is 4. The molecule has 0 aliphatic carbocycles. The fraction of sp³-hybridized carbons (Fsp3) is 0.462. The van der Waals surface area contributed by atoms with E-state index in [4.69, 9.17) is 0 Å². The van der Waals surface area contributed by atoms with Crippen molar-refractivity contribution in [1.82, 2.24) is 9.80 Å². The van der Waals surface area contributed by atoms with Crippen LogP contribution in [-0.4, -0.2) is 54.2 Å². The Morgan fingerprint density at radius 1 is 0.606 bits per heavy atom. The van der Waals surface area contributed by atoms with E-state index in [9.17, 15) is 18.0 Å². The van der Waals surface area contributed by atoms with Crippen molar-refractivity contribution in [2.24, 2.45) is 0 Å². The Balaban J connectivity index is 2.90. The molecule has 0 saturated carbocycles. The maximum absolute atomic E-state index is 13.9. The summed E-state index contributed by atoms with van der Waals surface area (Å²) in [5.41, 5.74) is 0.0270. The Labute approximate surface area is 198 Å². The van der Waals surface area contributed by atoms with E-state index in [0.717, 1.165) is 0 Å². The van der Waals surface area contributed by atoms with E-state index in [0.29, 0.717) is 0 Å². The molecule has 0 aliphatic rings. The molecule has 0 fully saturated rings. The average Bonchev–Trinajstić information content (AvgIpc) is 2.72. The van der Waals surface area contributed by atoms with Crippen LogP contribution in [0, 0.1) is 0 Å². The molecule has 0 saturated heterocycles. The molecule has 0 unspecified atom stereocenters. The molecule has 0 aliphatic heterocycles. The Hall–Kier alpha value is -2.67. The van der Waals surface area contributed by atoms with Crippen LogP contribution in [0.5, 0.6) is 0 Å². The van der Waals surface area contributed by atoms with Crippen LogP contribution >= 0.6 is 0 Å². The maximum atomic E-state index is 13.9. The second-order valence-corrected chi connectivity index (χ2v) is 11.2. The van der Waals surface area contributed by atoms with Gasteiger partial charge in [0.2, 0.25) is 9.84 Å². The van der Waals surface area contributed by atoms with Crippen molar-refractivity contribution in [3.05, 3.63) is 59.7 Å². The fourth-order valence-electron chi connectivity index (χ4n) is 4.29. The SMILES string of the molecule is CC(C)N(C(=O)c1cccc(C(=O)N(C(C)C)C(C)C)c1S(=O)(=O)c1ccccc1)C(C)C. The number of amides is 2. The number of hydrogen-bond donors (Lipinski definition) is 0. The van der Waals surface area contributed by atoms with Gasteiger partial charge in [0, 0.05) is 24.2 Å². The van der Waals surface area contributed by atoms with Crippen LogP contribution in [0.15, 0.2) is 58.3 Å². The van der Waals surface area contributed by atoms with Crippen LogP contribution in [-0.2, 0) is 9.84 Å². The van der Waals surface area contributed by atoms with Gasteiger partial charge in [0.15, 0.2) is 0 Å². The smallest absolute Gasteiger partial charge is 0.255 e. The summed E-state index contributed by atoms with van der Waals surface area (Å²) in [7, 11) is -4.16. The molecule has 0 atom stereocenters. The molecule has 2 aromatic rings. The highest BCUT2D eigenvalue weighted by Crippen LogP contribution is 2.31. The molecule has 7 heteroatoms. The van der Waals surface area contributed by atoms with Gasteiger partial charge in [-0.15, -0.1) is 0 Å². The van der Waals surface area contributed by atoms with Gasteiger partial charge in [-0.1, -0.05) is 24.3 Å². The number of benzene rings is 2. The number of carbonyl (C=O) groups is 2. The standard InChI is InChI=1S/C26H36N2O4S/c1-17(2)27(18(3)4)25(29)22-15-12-16-23(26(30)28(19(5)6)20(7)8)24(22)33(31,32)21-13-10-9-11-14-21/h9-20H,1-8H3. The van der Waals surface area contributed by atoms with E-state index in [1.54, 1.807) is 34.1 Å². The van der Waals surface area contributed by atoms with Crippen LogP contribution in [0.25, 0.3) is 0 Å². The summed E-state index contributed by atoms with van der Waals surface area (Å²) in [5.74, 6) is -0.824. The lowest BCUT2D eigenvalue weighted by atomic mass is 10.0. The average molecular weight is 473 g/mol. The summed E-state index contributed by atoms with van der Waals surface area (Å²) in [6.07, 6.45) is 0. The van der Waals surface area contributed by atoms with E-state index in [1.165, 1.54) is 24.3 Å². The van der Waals surface area contributed by atoms with Gasteiger partial charge in [-0.05, 0) is 79.7 Å². The summed E-state index contributed by atoms with van der Waals surface area (Å²) in [5, 5.41) is 0. The first kappa shape index (κ1) is 26.6. The van der Waals surface area contributed by atoms with E-state index in [-0.39, 0.29) is 45.1 Å². The highest BCUT2D eigenvalue weighted by atomic mass is 32.2. The Morgan fingerprint density at radius 3 is 1.30 bits per heavy atom. The van der Waals surface area contributed by atoms with Crippen molar-refractivity contribution in [3.63, 3.8) is 0 Å². The third-order valence-corrected chi connectivity index (χ3v) is 7.36. The number of carbonyl (C=O) groups excluding carboxylic acids is 2. The minimum atomic E-state index is -4.16. The molecule has 2 rings (SSSR count). The van der Waals surface area contributed by atoms with Crippen LogP contribution in [0.4, 0.5) is 0 Å². The van der Waals surface area contributed by atoms with Gasteiger partial charge in [-0.2, -0.15) is 0 Å². The van der Waals surface area contributed by atoms with E-state index >= 15 is 0 Å². The number of rotatable bonds is 8. The van der Waals surface area contributed by atoms with Gasteiger partial charge in [-0.25, -0.2) is 8.42 Å². The van der Waals surface area contributed by atoms with Crippen LogP contribution in [0.1, 0.15) is 76.1 Å². The molecular formula is C26H36N2O4S. The van der Waals surface area contributed by atoms with Crippen LogP contribution in [0.3, 0.4) is 0 Å². The van der Waals surface area contributed by atoms with Gasteiger partial charge >= 0.3 is 0 Å². The largest absolute Gasteiger partial charge is 0.334 e. The van der Waals surface area contributed by atoms with Gasteiger partial charge < -0.3 is 9.80 Å². The van der Waals surface area contributed by atoms with Crippen molar-refractivity contribution in [1.29, 1.82) is 0 Å². The highest BCUT2D eigenvalue weighted by molar-refractivity contribution is 7.91. The first-order chi connectivity index (χ1) is 15.3. The van der Waals surface area contributed by atoms with E-state index in [2.05, 4.69) is 0 Å². The molecule has 33 heavy (non-hydrogen) atoms. The molecule has 2 aromatic carbocycles. The second-order valence-electron chi connectivity index (χ2n) is 9.30. The minimum Gasteiger partial charge on any atom is -0.334 e. The summed E-state index contributed by atoms with van der Waals surface area (Å²) in [6, 6.07) is 11.9. The van der Waals surface area contributed by atoms with Gasteiger partial charge in [0.25, 0.3) is 11.8 Å². The number of sulfone groups is 1. The molecule has 0 bridgehead atoms. The first-order valence-corrected chi connectivity index (χ1v) is 12.9. The molecule has 0 N–H and O–H groups in total. The monoisotopic (exact) mass is 472 g/mol. The normalized spacial score (nSPS) is 12.0. The molecule has 0 aromatic heterocycles. The third kappa shape index (κ3) is 5.46. The highest BCUT2D eigenvalue weighted by Gasteiger charge is 2.35. The van der Waals surface area contributed by atoms with Crippen LogP contribution < -0.4 is 0 Å². The van der Waals surface area contributed by atoms with Gasteiger partial charge in [-0.3, -0.25) is 9.59 Å². The van der Waals surface area contributed by atoms with Crippen LogP contribution in [0.2, 0.25) is 0 Å². The molecule has 2 amide bonds. The summed E-state index contributed by atoms with van der Waals surface area (Å²) >= 11 is 0. The Kier molecular flexibility index (Phi) is 8.46. The van der Waals surface area contributed by atoms with Crippen molar-refractivity contribution < 1.29 is 18.0 Å². The predicted octanol–water partition coefficient (Wildman–Crippen LogP) is 5.04. The lowest BCUT2D eigenvalue weighted by molar-refractivity contribution is 0.0635. The molecule has 6 nitrogen and oxygen atoms in total. The fourth-order valence-corrected chi connectivity index (χ4v) is 5.93. The Morgan fingerprint density at radius 2 is 0.970 bits per heavy atom. The molecular weight excluding hydrogens is 436 g/mol. The zero-order valence-electron chi connectivity index (χ0n) is 20.9. The molecule has 0 heterocycles. The van der Waals surface area contributed by atoms with E-state index < -0.39 is 21.7 Å². The van der Waals surface area contributed by atoms with Gasteiger partial charge in [0.1, 0.15) is 0 Å². The number of nitrogens with zero attached hydrogens (tertiary/aromatic N) is 2. The lowest BCUT2D eigenvalue weighted by Gasteiger charge is -2.33. The lowest BCUT2D eigenvalue weighted by Crippen LogP contribution is -2.44. The van der Waals surface area contributed by atoms with Crippen molar-refractivity contribution in [2.75, 3.05) is 0 Å². The maximum Gasteiger partial charge on any atom is 0.255 e. The van der Waals surface area contributed by atoms with Crippen molar-refractivity contribution in [3.8, 4) is 0 Å². The van der Waals surface area contributed by atoms with Crippen molar-refractivity contribution >= 4 is 21.7 Å². The van der Waals surface area contributed by atoms with Crippen molar-refractivity contribution in [2.45, 2.75) is 89.3 Å². The summed E-state index contributed by atoms with van der Waals surface area (Å²) in [6.45, 7) is 15.1. The summed E-state index contributed by atoms with van der Waals surface area (Å²) in [4.78, 5) is 30.4. The zero-order chi connectivity index (χ0) is 25.1. The predicted molar refractivity (Wildman–Crippen MR) is 131 cm³/mol. The molecule has 0 spiro atoms. The topological polar surface area (TPSA) is 74.8 Å². The first-order valence-electron chi connectivity index (χ1n) is 11.4. The van der Waals surface area contributed by atoms with Gasteiger partial charge in [0.05, 0.1) is 20.9 Å². The zero-order valence-corrected chi connectivity index (χ0v) is 21.7.